The first-order chi connectivity index (χ1) is 13.3. The molecule has 1 saturated heterocycles. The van der Waals surface area contributed by atoms with Crippen LogP contribution in [-0.4, -0.2) is 74.0 Å². The molecule has 1 aliphatic rings. The van der Waals surface area contributed by atoms with Gasteiger partial charge in [-0.2, -0.15) is 0 Å². The van der Waals surface area contributed by atoms with Crippen LogP contribution in [0.4, 0.5) is 20.6 Å². The number of anilines is 2. The van der Waals surface area contributed by atoms with Crippen molar-refractivity contribution in [2.45, 2.75) is 20.3 Å². The van der Waals surface area contributed by atoms with Gasteiger partial charge in [-0.05, 0) is 31.5 Å². The first-order valence-corrected chi connectivity index (χ1v) is 9.40. The lowest BCUT2D eigenvalue weighted by Crippen LogP contribution is -2.40. The maximum Gasteiger partial charge on any atom is 0.319 e. The maximum atomic E-state index is 13.8. The van der Waals surface area contributed by atoms with E-state index in [0.717, 1.165) is 6.42 Å². The Morgan fingerprint density at radius 2 is 1.93 bits per heavy atom. The fourth-order valence-electron chi connectivity index (χ4n) is 2.99. The highest BCUT2D eigenvalue weighted by Gasteiger charge is 2.20. The Morgan fingerprint density at radius 1 is 1.18 bits per heavy atom. The number of nitrogens with zero attached hydrogens (tertiary/aromatic N) is 3. The van der Waals surface area contributed by atoms with Crippen LogP contribution in [0.2, 0.25) is 0 Å². The van der Waals surface area contributed by atoms with Crippen molar-refractivity contribution in [1.29, 1.82) is 0 Å². The number of carbonyl (C=O) groups excluding carboxylic acids is 3. The fourth-order valence-corrected chi connectivity index (χ4v) is 2.99. The van der Waals surface area contributed by atoms with E-state index < -0.39 is 11.8 Å². The van der Waals surface area contributed by atoms with Gasteiger partial charge in [0, 0.05) is 46.7 Å². The van der Waals surface area contributed by atoms with Crippen LogP contribution >= 0.6 is 0 Å². The molecule has 0 saturated carbocycles. The van der Waals surface area contributed by atoms with Crippen molar-refractivity contribution in [2.24, 2.45) is 0 Å². The number of benzene rings is 1. The summed E-state index contributed by atoms with van der Waals surface area (Å²) in [7, 11) is 1.65. The third-order valence-corrected chi connectivity index (χ3v) is 4.79. The van der Waals surface area contributed by atoms with E-state index in [1.165, 1.54) is 17.0 Å². The maximum absolute atomic E-state index is 13.8. The lowest BCUT2D eigenvalue weighted by molar-refractivity contribution is -0.129. The van der Waals surface area contributed by atoms with E-state index in [-0.39, 0.29) is 18.4 Å². The third-order valence-electron chi connectivity index (χ3n) is 4.79. The second-order valence-corrected chi connectivity index (χ2v) is 6.72. The SMILES string of the molecule is CCN(C)C(=O)CNC(=O)Nc1cc(F)ccc1N1CCCN(C(C)=O)CC1. The number of hydrogen-bond donors (Lipinski definition) is 2. The Morgan fingerprint density at radius 3 is 2.61 bits per heavy atom. The normalized spacial score (nSPS) is 14.3. The Bertz CT molecular complexity index is 728. The summed E-state index contributed by atoms with van der Waals surface area (Å²) in [6, 6.07) is 3.63. The predicted molar refractivity (Wildman–Crippen MR) is 106 cm³/mol. The molecule has 1 fully saturated rings. The van der Waals surface area contributed by atoms with Crippen LogP contribution in [0.25, 0.3) is 0 Å². The summed E-state index contributed by atoms with van der Waals surface area (Å²) in [6.45, 7) is 6.29. The quantitative estimate of drug-likeness (QED) is 0.794. The number of amides is 4. The summed E-state index contributed by atoms with van der Waals surface area (Å²) in [5, 5.41) is 5.13. The van der Waals surface area contributed by atoms with Crippen LogP contribution < -0.4 is 15.5 Å². The molecular weight excluding hydrogens is 365 g/mol. The second kappa shape index (κ2) is 9.91. The molecule has 2 N–H and O–H groups in total. The molecule has 1 heterocycles. The average Bonchev–Trinajstić information content (AvgIpc) is 2.92. The second-order valence-electron chi connectivity index (χ2n) is 6.72. The highest BCUT2D eigenvalue weighted by molar-refractivity contribution is 5.95. The van der Waals surface area contributed by atoms with Crippen molar-refractivity contribution in [1.82, 2.24) is 15.1 Å². The minimum atomic E-state index is -0.579. The molecule has 0 bridgehead atoms. The highest BCUT2D eigenvalue weighted by Crippen LogP contribution is 2.28. The lowest BCUT2D eigenvalue weighted by atomic mass is 10.2. The van der Waals surface area contributed by atoms with Crippen LogP contribution in [0.1, 0.15) is 20.3 Å². The van der Waals surface area contributed by atoms with Gasteiger partial charge < -0.3 is 25.3 Å². The van der Waals surface area contributed by atoms with Crippen molar-refractivity contribution in [3.63, 3.8) is 0 Å². The largest absolute Gasteiger partial charge is 0.368 e. The van der Waals surface area contributed by atoms with Gasteiger partial charge in [-0.25, -0.2) is 9.18 Å². The number of nitrogens with one attached hydrogen (secondary N) is 2. The van der Waals surface area contributed by atoms with Gasteiger partial charge in [0.25, 0.3) is 0 Å². The Kier molecular flexibility index (Phi) is 7.60. The number of halogens is 1. The third kappa shape index (κ3) is 5.83. The molecule has 0 unspecified atom stereocenters. The van der Waals surface area contributed by atoms with Crippen LogP contribution in [-0.2, 0) is 9.59 Å². The summed E-state index contributed by atoms with van der Waals surface area (Å²) < 4.78 is 13.8. The molecule has 8 nitrogen and oxygen atoms in total. The van der Waals surface area contributed by atoms with E-state index in [4.69, 9.17) is 0 Å². The number of rotatable bonds is 5. The van der Waals surface area contributed by atoms with E-state index in [1.807, 2.05) is 11.8 Å². The summed E-state index contributed by atoms with van der Waals surface area (Å²) in [5.41, 5.74) is 1.00. The van der Waals surface area contributed by atoms with E-state index in [1.54, 1.807) is 24.9 Å². The smallest absolute Gasteiger partial charge is 0.319 e. The predicted octanol–water partition coefficient (Wildman–Crippen LogP) is 1.48. The monoisotopic (exact) mass is 393 g/mol. The zero-order chi connectivity index (χ0) is 20.7. The molecule has 1 aromatic carbocycles. The number of likely N-dealkylation sites (N-methyl/N-ethyl adjacent to an activating group) is 1. The Balaban J connectivity index is 2.06. The summed E-state index contributed by atoms with van der Waals surface area (Å²) in [5.74, 6) is -0.657. The van der Waals surface area contributed by atoms with Crippen molar-refractivity contribution in [3.05, 3.63) is 24.0 Å². The molecule has 0 aliphatic carbocycles. The highest BCUT2D eigenvalue weighted by atomic mass is 19.1. The molecule has 0 atom stereocenters. The lowest BCUT2D eigenvalue weighted by Gasteiger charge is -2.26. The van der Waals surface area contributed by atoms with E-state index in [9.17, 15) is 18.8 Å². The van der Waals surface area contributed by atoms with E-state index in [0.29, 0.717) is 44.1 Å². The first kappa shape index (κ1) is 21.5. The van der Waals surface area contributed by atoms with Gasteiger partial charge in [-0.15, -0.1) is 0 Å². The average molecular weight is 393 g/mol. The fraction of sp³-hybridized carbons (Fsp3) is 0.526. The minimum absolute atomic E-state index is 0.0281. The molecule has 0 aromatic heterocycles. The van der Waals surface area contributed by atoms with Crippen LogP contribution in [0, 0.1) is 5.82 Å². The van der Waals surface area contributed by atoms with Crippen LogP contribution in [0.15, 0.2) is 18.2 Å². The minimum Gasteiger partial charge on any atom is -0.368 e. The first-order valence-electron chi connectivity index (χ1n) is 9.40. The van der Waals surface area contributed by atoms with E-state index in [2.05, 4.69) is 10.6 Å². The Labute approximate surface area is 164 Å². The van der Waals surface area contributed by atoms with Gasteiger partial charge in [0.05, 0.1) is 17.9 Å². The van der Waals surface area contributed by atoms with Crippen molar-refractivity contribution in [3.8, 4) is 0 Å². The molecule has 154 valence electrons. The topological polar surface area (TPSA) is 85.0 Å². The number of carbonyl (C=O) groups is 3. The van der Waals surface area contributed by atoms with Gasteiger partial charge in [-0.1, -0.05) is 0 Å². The number of hydrogen-bond acceptors (Lipinski definition) is 4. The van der Waals surface area contributed by atoms with Crippen LogP contribution in [0.3, 0.4) is 0 Å². The molecule has 2 rings (SSSR count). The van der Waals surface area contributed by atoms with Crippen LogP contribution in [0.5, 0.6) is 0 Å². The standard InChI is InChI=1S/C19H28FN5O3/c1-4-23(3)18(27)13-21-19(28)22-16-12-15(20)6-7-17(16)25-9-5-8-24(10-11-25)14(2)26/h6-7,12H,4-5,8-11,13H2,1-3H3,(H2,21,22,28). The molecule has 9 heteroatoms. The van der Waals surface area contributed by atoms with Gasteiger partial charge >= 0.3 is 6.03 Å². The zero-order valence-electron chi connectivity index (χ0n) is 16.6. The van der Waals surface area contributed by atoms with Gasteiger partial charge in [0.2, 0.25) is 11.8 Å². The molecule has 1 aliphatic heterocycles. The van der Waals surface area contributed by atoms with E-state index >= 15 is 0 Å². The summed E-state index contributed by atoms with van der Waals surface area (Å²) in [6.07, 6.45) is 0.778. The molecule has 0 spiro atoms. The van der Waals surface area contributed by atoms with Crippen molar-refractivity contribution in [2.75, 3.05) is 56.5 Å². The molecule has 4 amide bonds. The van der Waals surface area contributed by atoms with Gasteiger partial charge in [-0.3, -0.25) is 9.59 Å². The Hall–Kier alpha value is -2.84. The summed E-state index contributed by atoms with van der Waals surface area (Å²) >= 11 is 0. The van der Waals surface area contributed by atoms with Crippen molar-refractivity contribution >= 4 is 29.2 Å². The summed E-state index contributed by atoms with van der Waals surface area (Å²) in [4.78, 5) is 40.9. The molecule has 28 heavy (non-hydrogen) atoms. The van der Waals surface area contributed by atoms with Gasteiger partial charge in [0.15, 0.2) is 0 Å². The zero-order valence-corrected chi connectivity index (χ0v) is 16.6. The van der Waals surface area contributed by atoms with Crippen molar-refractivity contribution < 1.29 is 18.8 Å². The molecule has 1 aromatic rings. The van der Waals surface area contributed by atoms with Gasteiger partial charge in [0.1, 0.15) is 5.82 Å². The molecule has 0 radical (unpaired) electrons. The number of urea groups is 1. The molecular formula is C19H28FN5O3.